The van der Waals surface area contributed by atoms with Crippen molar-refractivity contribution in [2.45, 2.75) is 0 Å². The summed E-state index contributed by atoms with van der Waals surface area (Å²) in [4.78, 5) is 4.04. The van der Waals surface area contributed by atoms with Gasteiger partial charge in [-0.1, -0.05) is 18.7 Å². The van der Waals surface area contributed by atoms with Crippen LogP contribution in [0.1, 0.15) is 5.56 Å². The standard InChI is InChI=1S/C14H12FNO/c1-3-10-4-7-14(17-2)12(8-10)13-6-5-11(15)9-16-13/h3-9H,1H2,2H3. The van der Waals surface area contributed by atoms with E-state index >= 15 is 0 Å². The Morgan fingerprint density at radius 3 is 2.71 bits per heavy atom. The van der Waals surface area contributed by atoms with E-state index in [9.17, 15) is 4.39 Å². The van der Waals surface area contributed by atoms with Crippen LogP contribution in [0.5, 0.6) is 5.75 Å². The Kier molecular flexibility index (Phi) is 3.19. The van der Waals surface area contributed by atoms with Crippen molar-refractivity contribution in [2.24, 2.45) is 0 Å². The van der Waals surface area contributed by atoms with E-state index in [2.05, 4.69) is 11.6 Å². The summed E-state index contributed by atoms with van der Waals surface area (Å²) in [7, 11) is 1.59. The molecule has 0 spiro atoms. The fourth-order valence-electron chi connectivity index (χ4n) is 1.59. The lowest BCUT2D eigenvalue weighted by Crippen LogP contribution is -1.91. The third-order valence-electron chi connectivity index (χ3n) is 2.46. The smallest absolute Gasteiger partial charge is 0.141 e. The molecular weight excluding hydrogens is 217 g/mol. The molecule has 0 radical (unpaired) electrons. The van der Waals surface area contributed by atoms with Crippen LogP contribution in [0.25, 0.3) is 17.3 Å². The number of nitrogens with zero attached hydrogens (tertiary/aromatic N) is 1. The zero-order chi connectivity index (χ0) is 12.3. The Hall–Kier alpha value is -2.16. The molecular formula is C14H12FNO. The first kappa shape index (κ1) is 11.3. The van der Waals surface area contributed by atoms with E-state index in [-0.39, 0.29) is 5.82 Å². The van der Waals surface area contributed by atoms with Crippen molar-refractivity contribution >= 4 is 6.08 Å². The van der Waals surface area contributed by atoms with Crippen LogP contribution in [-0.4, -0.2) is 12.1 Å². The second kappa shape index (κ2) is 4.78. The SMILES string of the molecule is C=Cc1ccc(OC)c(-c2ccc(F)cn2)c1. The third kappa shape index (κ3) is 2.33. The molecule has 0 atom stereocenters. The Labute approximate surface area is 99.4 Å². The van der Waals surface area contributed by atoms with Crippen LogP contribution in [0.15, 0.2) is 43.1 Å². The largest absolute Gasteiger partial charge is 0.496 e. The Balaban J connectivity index is 2.55. The maximum absolute atomic E-state index is 12.8. The molecule has 0 aliphatic rings. The van der Waals surface area contributed by atoms with Crippen molar-refractivity contribution in [1.82, 2.24) is 4.98 Å². The third-order valence-corrected chi connectivity index (χ3v) is 2.46. The van der Waals surface area contributed by atoms with Crippen LogP contribution in [0.2, 0.25) is 0 Å². The molecule has 0 amide bonds. The molecule has 0 unspecified atom stereocenters. The second-order valence-electron chi connectivity index (χ2n) is 3.53. The highest BCUT2D eigenvalue weighted by molar-refractivity contribution is 5.70. The summed E-state index contributed by atoms with van der Waals surface area (Å²) in [6.07, 6.45) is 2.93. The van der Waals surface area contributed by atoms with Gasteiger partial charge >= 0.3 is 0 Å². The summed E-state index contributed by atoms with van der Waals surface area (Å²) in [5.74, 6) is 0.349. The van der Waals surface area contributed by atoms with Gasteiger partial charge in [-0.3, -0.25) is 4.98 Å². The van der Waals surface area contributed by atoms with Gasteiger partial charge in [0.1, 0.15) is 11.6 Å². The molecule has 0 aliphatic carbocycles. The molecule has 2 rings (SSSR count). The van der Waals surface area contributed by atoms with Crippen LogP contribution in [-0.2, 0) is 0 Å². The number of hydrogen-bond acceptors (Lipinski definition) is 2. The van der Waals surface area contributed by atoms with Gasteiger partial charge < -0.3 is 4.74 Å². The first-order valence-corrected chi connectivity index (χ1v) is 5.17. The summed E-state index contributed by atoms with van der Waals surface area (Å²) >= 11 is 0. The first-order valence-electron chi connectivity index (χ1n) is 5.17. The second-order valence-corrected chi connectivity index (χ2v) is 3.53. The lowest BCUT2D eigenvalue weighted by molar-refractivity contribution is 0.416. The molecule has 3 heteroatoms. The number of pyridine rings is 1. The summed E-state index contributed by atoms with van der Waals surface area (Å²) in [5.41, 5.74) is 2.46. The maximum Gasteiger partial charge on any atom is 0.141 e. The number of halogens is 1. The zero-order valence-electron chi connectivity index (χ0n) is 9.48. The normalized spacial score (nSPS) is 10.0. The molecule has 1 aromatic carbocycles. The Morgan fingerprint density at radius 1 is 1.29 bits per heavy atom. The van der Waals surface area contributed by atoms with Gasteiger partial charge in [0.25, 0.3) is 0 Å². The summed E-state index contributed by atoms with van der Waals surface area (Å²) in [6, 6.07) is 8.66. The molecule has 0 aliphatic heterocycles. The van der Waals surface area contributed by atoms with Crippen molar-refractivity contribution in [3.63, 3.8) is 0 Å². The van der Waals surface area contributed by atoms with E-state index in [0.29, 0.717) is 11.4 Å². The summed E-state index contributed by atoms with van der Waals surface area (Å²) < 4.78 is 18.1. The van der Waals surface area contributed by atoms with Gasteiger partial charge in [-0.2, -0.15) is 0 Å². The summed E-state index contributed by atoms with van der Waals surface area (Å²) in [6.45, 7) is 3.71. The molecule has 0 saturated carbocycles. The van der Waals surface area contributed by atoms with Gasteiger partial charge in [0, 0.05) is 5.56 Å². The average molecular weight is 229 g/mol. The van der Waals surface area contributed by atoms with Crippen LogP contribution in [0.4, 0.5) is 4.39 Å². The fourth-order valence-corrected chi connectivity index (χ4v) is 1.59. The number of rotatable bonds is 3. The van der Waals surface area contributed by atoms with Crippen molar-refractivity contribution in [3.05, 3.63) is 54.5 Å². The molecule has 0 saturated heterocycles. The highest BCUT2D eigenvalue weighted by Crippen LogP contribution is 2.29. The topological polar surface area (TPSA) is 22.1 Å². The fraction of sp³-hybridized carbons (Fsp3) is 0.0714. The number of benzene rings is 1. The van der Waals surface area contributed by atoms with Crippen LogP contribution < -0.4 is 4.74 Å². The van der Waals surface area contributed by atoms with Gasteiger partial charge in [0.15, 0.2) is 0 Å². The van der Waals surface area contributed by atoms with Gasteiger partial charge in [-0.25, -0.2) is 4.39 Å². The zero-order valence-corrected chi connectivity index (χ0v) is 9.48. The lowest BCUT2D eigenvalue weighted by atomic mass is 10.1. The minimum absolute atomic E-state index is 0.354. The Morgan fingerprint density at radius 2 is 2.12 bits per heavy atom. The molecule has 17 heavy (non-hydrogen) atoms. The highest BCUT2D eigenvalue weighted by Gasteiger charge is 2.07. The molecule has 86 valence electrons. The van der Waals surface area contributed by atoms with Crippen LogP contribution >= 0.6 is 0 Å². The van der Waals surface area contributed by atoms with E-state index in [0.717, 1.165) is 11.1 Å². The lowest BCUT2D eigenvalue weighted by Gasteiger charge is -2.08. The number of aromatic nitrogens is 1. The van der Waals surface area contributed by atoms with Crippen LogP contribution in [0, 0.1) is 5.82 Å². The maximum atomic E-state index is 12.8. The molecule has 1 aromatic heterocycles. The predicted molar refractivity (Wildman–Crippen MR) is 66.3 cm³/mol. The minimum atomic E-state index is -0.354. The Bertz CT molecular complexity index is 534. The van der Waals surface area contributed by atoms with Crippen molar-refractivity contribution in [1.29, 1.82) is 0 Å². The van der Waals surface area contributed by atoms with Crippen LogP contribution in [0.3, 0.4) is 0 Å². The monoisotopic (exact) mass is 229 g/mol. The quantitative estimate of drug-likeness (QED) is 0.803. The molecule has 1 heterocycles. The van der Waals surface area contributed by atoms with Gasteiger partial charge in [0.2, 0.25) is 0 Å². The van der Waals surface area contributed by atoms with Crippen molar-refractivity contribution < 1.29 is 9.13 Å². The average Bonchev–Trinajstić information content (AvgIpc) is 2.39. The van der Waals surface area contributed by atoms with E-state index in [1.54, 1.807) is 19.3 Å². The molecule has 0 bridgehead atoms. The molecule has 0 N–H and O–H groups in total. The molecule has 0 fully saturated rings. The first-order chi connectivity index (χ1) is 8.24. The van der Waals surface area contributed by atoms with E-state index in [1.807, 2.05) is 18.2 Å². The molecule has 2 nitrogen and oxygen atoms in total. The minimum Gasteiger partial charge on any atom is -0.496 e. The van der Waals surface area contributed by atoms with Gasteiger partial charge in [-0.05, 0) is 29.8 Å². The number of hydrogen-bond donors (Lipinski definition) is 0. The predicted octanol–water partition coefficient (Wildman–Crippen LogP) is 3.54. The van der Waals surface area contributed by atoms with Crippen molar-refractivity contribution in [3.8, 4) is 17.0 Å². The van der Waals surface area contributed by atoms with Gasteiger partial charge in [-0.15, -0.1) is 0 Å². The highest BCUT2D eigenvalue weighted by atomic mass is 19.1. The summed E-state index contributed by atoms with van der Waals surface area (Å²) in [5, 5.41) is 0. The number of methoxy groups -OCH3 is 1. The number of ether oxygens (including phenoxy) is 1. The van der Waals surface area contributed by atoms with Gasteiger partial charge in [0.05, 0.1) is 19.0 Å². The van der Waals surface area contributed by atoms with E-state index in [1.165, 1.54) is 12.3 Å². The van der Waals surface area contributed by atoms with E-state index < -0.39 is 0 Å². The molecule has 2 aromatic rings. The van der Waals surface area contributed by atoms with E-state index in [4.69, 9.17) is 4.74 Å². The van der Waals surface area contributed by atoms with Crippen molar-refractivity contribution in [2.75, 3.05) is 7.11 Å².